The molecule has 0 bridgehead atoms. The largest absolute Gasteiger partial charge is 0.420 e. The molecule has 7 nitrogen and oxygen atoms in total. The molecule has 1 saturated carbocycles. The molecule has 1 aliphatic carbocycles. The Hall–Kier alpha value is -2.01. The highest BCUT2D eigenvalue weighted by Gasteiger charge is 2.37. The van der Waals surface area contributed by atoms with E-state index in [0.717, 1.165) is 31.9 Å². The Morgan fingerprint density at radius 2 is 1.93 bits per heavy atom. The second-order valence-electron chi connectivity index (χ2n) is 6.74. The monoisotopic (exact) mass is 400 g/mol. The van der Waals surface area contributed by atoms with Crippen molar-refractivity contribution in [2.45, 2.75) is 43.2 Å². The van der Waals surface area contributed by atoms with Crippen LogP contribution in [0.15, 0.2) is 18.7 Å². The number of H-pyrrole nitrogens is 1. The van der Waals surface area contributed by atoms with E-state index in [9.17, 15) is 17.4 Å². The van der Waals surface area contributed by atoms with Gasteiger partial charge in [-0.2, -0.15) is 13.2 Å². The maximum atomic E-state index is 13.3. The molecule has 3 heterocycles. The number of anilines is 1. The highest BCUT2D eigenvalue weighted by molar-refractivity contribution is 7.83. The Bertz CT molecular complexity index is 816. The smallest absolute Gasteiger partial charge is 0.351 e. The van der Waals surface area contributed by atoms with Crippen LogP contribution < -0.4 is 5.32 Å². The summed E-state index contributed by atoms with van der Waals surface area (Å²) in [5.41, 5.74) is -0.959. The van der Waals surface area contributed by atoms with E-state index in [-0.39, 0.29) is 23.4 Å². The van der Waals surface area contributed by atoms with E-state index in [1.165, 1.54) is 12.5 Å². The number of halogens is 3. The topological polar surface area (TPSA) is 86.8 Å². The maximum Gasteiger partial charge on any atom is 0.420 e. The van der Waals surface area contributed by atoms with Gasteiger partial charge >= 0.3 is 6.18 Å². The van der Waals surface area contributed by atoms with Crippen LogP contribution in [0.3, 0.4) is 0 Å². The summed E-state index contributed by atoms with van der Waals surface area (Å²) in [5, 5.41) is 3.43. The molecule has 2 aliphatic rings. The molecular weight excluding hydrogens is 381 g/mol. The van der Waals surface area contributed by atoms with Gasteiger partial charge in [0.15, 0.2) is 0 Å². The Labute approximate surface area is 156 Å². The summed E-state index contributed by atoms with van der Waals surface area (Å²) >= 11 is 0. The van der Waals surface area contributed by atoms with Gasteiger partial charge in [0.05, 0.1) is 29.2 Å². The van der Waals surface area contributed by atoms with Crippen LogP contribution in [-0.4, -0.2) is 52.8 Å². The predicted molar refractivity (Wildman–Crippen MR) is 94.0 cm³/mol. The van der Waals surface area contributed by atoms with Crippen molar-refractivity contribution in [3.8, 4) is 11.4 Å². The minimum absolute atomic E-state index is 0.0313. The zero-order valence-corrected chi connectivity index (χ0v) is 15.2. The molecule has 146 valence electrons. The van der Waals surface area contributed by atoms with Gasteiger partial charge in [-0.1, -0.05) is 0 Å². The summed E-state index contributed by atoms with van der Waals surface area (Å²) in [6.45, 7) is 1.38. The lowest BCUT2D eigenvalue weighted by Crippen LogP contribution is -2.41. The number of hydrogen-bond donors (Lipinski definition) is 2. The molecule has 1 unspecified atom stereocenters. The lowest BCUT2D eigenvalue weighted by atomic mass is 10.1. The van der Waals surface area contributed by atoms with Gasteiger partial charge in [0.25, 0.3) is 0 Å². The minimum Gasteiger partial charge on any atom is -0.351 e. The molecule has 2 N–H and O–H groups in total. The van der Waals surface area contributed by atoms with Crippen molar-refractivity contribution in [3.05, 3.63) is 24.3 Å². The number of imidazole rings is 1. The van der Waals surface area contributed by atoms with Gasteiger partial charge in [0.1, 0.15) is 11.3 Å². The zero-order chi connectivity index (χ0) is 19.0. The Morgan fingerprint density at radius 3 is 2.52 bits per heavy atom. The molecule has 0 spiro atoms. The van der Waals surface area contributed by atoms with E-state index in [4.69, 9.17) is 0 Å². The first-order chi connectivity index (χ1) is 12.9. The highest BCUT2D eigenvalue weighted by Crippen LogP contribution is 2.35. The molecule has 2 aromatic heterocycles. The van der Waals surface area contributed by atoms with E-state index in [2.05, 4.69) is 25.3 Å². The van der Waals surface area contributed by atoms with E-state index < -0.39 is 22.7 Å². The zero-order valence-electron chi connectivity index (χ0n) is 14.4. The average molecular weight is 400 g/mol. The Kier molecular flexibility index (Phi) is 4.89. The number of rotatable bonds is 5. The molecular formula is C16H19F3N6OS. The quantitative estimate of drug-likeness (QED) is 0.806. The molecule has 0 aromatic carbocycles. The first-order valence-corrected chi connectivity index (χ1v) is 9.94. The standard InChI is InChI=1S/C16H19F3N6OS/c17-16(18,19)12-7-21-15(24-14(12)13-8-20-9-22-13)23-10-3-5-25(6-4-10)27(26)11-1-2-11/h7-11H,1-6H2,(H,20,22)(H,21,23,24). The van der Waals surface area contributed by atoms with Crippen LogP contribution in [-0.2, 0) is 17.2 Å². The number of alkyl halides is 3. The van der Waals surface area contributed by atoms with Crippen molar-refractivity contribution in [2.75, 3.05) is 18.4 Å². The number of nitrogens with zero attached hydrogens (tertiary/aromatic N) is 4. The molecule has 2 fully saturated rings. The normalized spacial score (nSPS) is 20.6. The molecule has 1 saturated heterocycles. The number of piperidine rings is 1. The third-order valence-electron chi connectivity index (χ3n) is 4.70. The van der Waals surface area contributed by atoms with Crippen molar-refractivity contribution in [2.24, 2.45) is 0 Å². The van der Waals surface area contributed by atoms with Crippen molar-refractivity contribution in [1.29, 1.82) is 0 Å². The summed E-state index contributed by atoms with van der Waals surface area (Å²) in [4.78, 5) is 14.4. The van der Waals surface area contributed by atoms with Gasteiger partial charge in [0, 0.05) is 30.6 Å². The number of nitrogens with one attached hydrogen (secondary N) is 2. The fourth-order valence-corrected chi connectivity index (χ4v) is 4.62. The molecule has 2 aromatic rings. The van der Waals surface area contributed by atoms with Gasteiger partial charge < -0.3 is 10.3 Å². The number of aromatic amines is 1. The van der Waals surface area contributed by atoms with Gasteiger partial charge in [-0.3, -0.25) is 0 Å². The molecule has 0 amide bonds. The van der Waals surface area contributed by atoms with E-state index in [0.29, 0.717) is 18.3 Å². The summed E-state index contributed by atoms with van der Waals surface area (Å²) in [6.07, 6.45) is 2.37. The molecule has 27 heavy (non-hydrogen) atoms. The fraction of sp³-hybridized carbons (Fsp3) is 0.562. The van der Waals surface area contributed by atoms with Crippen LogP contribution in [0.1, 0.15) is 31.2 Å². The minimum atomic E-state index is -4.56. The van der Waals surface area contributed by atoms with Crippen molar-refractivity contribution in [3.63, 3.8) is 0 Å². The summed E-state index contributed by atoms with van der Waals surface area (Å²) in [6, 6.07) is 0.0313. The van der Waals surface area contributed by atoms with E-state index in [1.807, 2.05) is 4.31 Å². The SMILES string of the molecule is O=S(C1CC1)N1CCC(Nc2ncc(C(F)(F)F)c(-c3cnc[nH]3)n2)CC1. The van der Waals surface area contributed by atoms with Crippen LogP contribution in [0.25, 0.3) is 11.4 Å². The number of aromatic nitrogens is 4. The third kappa shape index (κ3) is 4.13. The van der Waals surface area contributed by atoms with Crippen molar-refractivity contribution < 1.29 is 17.4 Å². The van der Waals surface area contributed by atoms with Crippen LogP contribution in [0.4, 0.5) is 19.1 Å². The second-order valence-corrected chi connectivity index (χ2v) is 8.48. The summed E-state index contributed by atoms with van der Waals surface area (Å²) in [7, 11) is -0.907. The summed E-state index contributed by atoms with van der Waals surface area (Å²) < 4.78 is 53.9. The van der Waals surface area contributed by atoms with E-state index in [1.54, 1.807) is 0 Å². The molecule has 0 radical (unpaired) electrons. The van der Waals surface area contributed by atoms with Crippen molar-refractivity contribution >= 4 is 16.9 Å². The van der Waals surface area contributed by atoms with Crippen molar-refractivity contribution in [1.82, 2.24) is 24.2 Å². The first kappa shape index (κ1) is 18.4. The van der Waals surface area contributed by atoms with Gasteiger partial charge in [-0.15, -0.1) is 0 Å². The predicted octanol–water partition coefficient (Wildman–Crippen LogP) is 2.59. The second kappa shape index (κ2) is 7.19. The Morgan fingerprint density at radius 1 is 1.19 bits per heavy atom. The van der Waals surface area contributed by atoms with Gasteiger partial charge in [-0.25, -0.2) is 23.5 Å². The highest BCUT2D eigenvalue weighted by atomic mass is 32.2. The van der Waals surface area contributed by atoms with Gasteiger partial charge in [0.2, 0.25) is 5.95 Å². The molecule has 1 aliphatic heterocycles. The number of hydrogen-bond acceptors (Lipinski definition) is 5. The van der Waals surface area contributed by atoms with Crippen LogP contribution in [0.5, 0.6) is 0 Å². The van der Waals surface area contributed by atoms with E-state index >= 15 is 0 Å². The summed E-state index contributed by atoms with van der Waals surface area (Å²) in [5.74, 6) is 0.148. The average Bonchev–Trinajstić information content (AvgIpc) is 3.35. The lowest BCUT2D eigenvalue weighted by molar-refractivity contribution is -0.137. The van der Waals surface area contributed by atoms with Gasteiger partial charge in [-0.05, 0) is 25.7 Å². The lowest BCUT2D eigenvalue weighted by Gasteiger charge is -2.31. The van der Waals surface area contributed by atoms with Crippen LogP contribution in [0.2, 0.25) is 0 Å². The molecule has 4 rings (SSSR count). The third-order valence-corrected chi connectivity index (χ3v) is 6.61. The van der Waals surface area contributed by atoms with Crippen LogP contribution in [0, 0.1) is 0 Å². The maximum absolute atomic E-state index is 13.3. The van der Waals surface area contributed by atoms with Crippen LogP contribution >= 0.6 is 0 Å². The fourth-order valence-electron chi connectivity index (χ4n) is 3.09. The first-order valence-electron chi connectivity index (χ1n) is 8.77. The molecule has 1 atom stereocenters. The molecule has 11 heteroatoms. The Balaban J connectivity index is 1.47.